The quantitative estimate of drug-likeness (QED) is 0.892. The van der Waals surface area contributed by atoms with Gasteiger partial charge in [-0.2, -0.15) is 5.10 Å². The predicted octanol–water partition coefficient (Wildman–Crippen LogP) is 2.57. The second-order valence-corrected chi connectivity index (χ2v) is 5.42. The number of H-pyrrole nitrogens is 1. The molecule has 0 aliphatic carbocycles. The van der Waals surface area contributed by atoms with E-state index in [9.17, 15) is 9.90 Å². The van der Waals surface area contributed by atoms with Crippen LogP contribution >= 0.6 is 11.6 Å². The average Bonchev–Trinajstić information content (AvgIpc) is 2.94. The zero-order valence-corrected chi connectivity index (χ0v) is 12.8. The van der Waals surface area contributed by atoms with Crippen molar-refractivity contribution in [1.29, 1.82) is 0 Å². The molecule has 1 unspecified atom stereocenters. The Bertz CT molecular complexity index is 625. The molecule has 0 saturated heterocycles. The van der Waals surface area contributed by atoms with E-state index in [1.165, 1.54) is 0 Å². The van der Waals surface area contributed by atoms with Crippen LogP contribution in [0.15, 0.2) is 30.3 Å². The van der Waals surface area contributed by atoms with Crippen molar-refractivity contribution in [3.8, 4) is 11.3 Å². The molecule has 1 amide bonds. The van der Waals surface area contributed by atoms with Crippen LogP contribution in [-0.2, 0) is 0 Å². The van der Waals surface area contributed by atoms with Crippen molar-refractivity contribution in [3.05, 3.63) is 41.0 Å². The van der Waals surface area contributed by atoms with Crippen molar-refractivity contribution in [1.82, 2.24) is 15.1 Å². The lowest BCUT2D eigenvalue weighted by Crippen LogP contribution is -2.29. The van der Waals surface area contributed by atoms with Gasteiger partial charge in [0.25, 0.3) is 5.91 Å². The zero-order valence-electron chi connectivity index (χ0n) is 12.0. The normalized spacial score (nSPS) is 12.2. The molecular formula is C15H18ClN3O2. The Balaban J connectivity index is 2.13. The fourth-order valence-corrected chi connectivity index (χ4v) is 2.16. The van der Waals surface area contributed by atoms with Crippen molar-refractivity contribution in [2.45, 2.75) is 19.4 Å². The number of carbonyl (C=O) groups excluding carboxylic acids is 1. The Morgan fingerprint density at radius 2 is 2.19 bits per heavy atom. The van der Waals surface area contributed by atoms with Crippen LogP contribution in [0.4, 0.5) is 0 Å². The van der Waals surface area contributed by atoms with Gasteiger partial charge in [-0.05, 0) is 25.5 Å². The highest BCUT2D eigenvalue weighted by Gasteiger charge is 2.16. The molecule has 0 spiro atoms. The molecule has 0 radical (unpaired) electrons. The second-order valence-electron chi connectivity index (χ2n) is 5.01. The molecule has 2 aromatic rings. The van der Waals surface area contributed by atoms with E-state index in [1.54, 1.807) is 31.0 Å². The Hall–Kier alpha value is -1.85. The number of carbonyl (C=O) groups is 1. The summed E-state index contributed by atoms with van der Waals surface area (Å²) in [5, 5.41) is 16.7. The number of aliphatic hydroxyl groups excluding tert-OH is 1. The third-order valence-corrected chi connectivity index (χ3v) is 3.52. The Morgan fingerprint density at radius 3 is 2.86 bits per heavy atom. The van der Waals surface area contributed by atoms with Gasteiger partial charge >= 0.3 is 0 Å². The van der Waals surface area contributed by atoms with Gasteiger partial charge in [0.15, 0.2) is 0 Å². The number of hydrogen-bond donors (Lipinski definition) is 2. The fourth-order valence-electron chi connectivity index (χ4n) is 1.93. The van der Waals surface area contributed by atoms with Crippen LogP contribution in [0.2, 0.25) is 5.02 Å². The number of rotatable bonds is 5. The Kier molecular flexibility index (Phi) is 4.98. The highest BCUT2D eigenvalue weighted by molar-refractivity contribution is 6.33. The minimum atomic E-state index is -0.430. The van der Waals surface area contributed by atoms with Gasteiger partial charge in [-0.3, -0.25) is 9.89 Å². The highest BCUT2D eigenvalue weighted by atomic mass is 35.5. The fraction of sp³-hybridized carbons (Fsp3) is 0.333. The molecular weight excluding hydrogens is 290 g/mol. The minimum absolute atomic E-state index is 0.165. The molecule has 0 aliphatic heterocycles. The summed E-state index contributed by atoms with van der Waals surface area (Å²) in [5.74, 6) is -0.165. The van der Waals surface area contributed by atoms with E-state index in [4.69, 9.17) is 11.6 Å². The lowest BCUT2D eigenvalue weighted by Gasteiger charge is -2.16. The Labute approximate surface area is 128 Å². The molecule has 0 aliphatic rings. The molecule has 1 heterocycles. The monoisotopic (exact) mass is 307 g/mol. The number of halogens is 1. The number of aromatic amines is 1. The van der Waals surface area contributed by atoms with E-state index in [1.807, 2.05) is 18.2 Å². The number of amides is 1. The van der Waals surface area contributed by atoms with Gasteiger partial charge in [0.1, 0.15) is 5.69 Å². The molecule has 0 bridgehead atoms. The first-order valence-electron chi connectivity index (χ1n) is 6.73. The van der Waals surface area contributed by atoms with Crippen molar-refractivity contribution in [3.63, 3.8) is 0 Å². The summed E-state index contributed by atoms with van der Waals surface area (Å²) in [6, 6.07) is 9.02. The van der Waals surface area contributed by atoms with Gasteiger partial charge in [0, 0.05) is 19.2 Å². The number of aliphatic hydroxyl groups is 1. The van der Waals surface area contributed by atoms with E-state index in [-0.39, 0.29) is 5.91 Å². The maximum atomic E-state index is 12.2. The van der Waals surface area contributed by atoms with E-state index in [0.717, 1.165) is 5.56 Å². The van der Waals surface area contributed by atoms with Gasteiger partial charge in [0.05, 0.1) is 16.8 Å². The SMILES string of the molecule is CC(O)CCN(C)C(=O)c1cc(-c2ccccc2Cl)n[nH]1. The second kappa shape index (κ2) is 6.74. The molecule has 5 nitrogen and oxygen atoms in total. The van der Waals surface area contributed by atoms with Crippen LogP contribution in [0.25, 0.3) is 11.3 Å². The molecule has 2 N–H and O–H groups in total. The van der Waals surface area contributed by atoms with Crippen molar-refractivity contribution >= 4 is 17.5 Å². The maximum Gasteiger partial charge on any atom is 0.271 e. The van der Waals surface area contributed by atoms with Crippen LogP contribution < -0.4 is 0 Å². The van der Waals surface area contributed by atoms with E-state index in [0.29, 0.717) is 29.4 Å². The summed E-state index contributed by atoms with van der Waals surface area (Å²) >= 11 is 6.12. The molecule has 21 heavy (non-hydrogen) atoms. The van der Waals surface area contributed by atoms with Gasteiger partial charge in [-0.25, -0.2) is 0 Å². The lowest BCUT2D eigenvalue weighted by atomic mass is 10.1. The standard InChI is InChI=1S/C15H18ClN3O2/c1-10(20)7-8-19(2)15(21)14-9-13(17-18-14)11-5-3-4-6-12(11)16/h3-6,9-10,20H,7-8H2,1-2H3,(H,17,18). The van der Waals surface area contributed by atoms with Crippen molar-refractivity contribution in [2.75, 3.05) is 13.6 Å². The summed E-state index contributed by atoms with van der Waals surface area (Å²) in [7, 11) is 1.70. The molecule has 1 atom stereocenters. The van der Waals surface area contributed by atoms with Crippen molar-refractivity contribution < 1.29 is 9.90 Å². The summed E-state index contributed by atoms with van der Waals surface area (Å²) in [6.45, 7) is 2.18. The summed E-state index contributed by atoms with van der Waals surface area (Å²) in [4.78, 5) is 13.8. The highest BCUT2D eigenvalue weighted by Crippen LogP contribution is 2.26. The van der Waals surface area contributed by atoms with E-state index < -0.39 is 6.10 Å². The first-order valence-corrected chi connectivity index (χ1v) is 7.10. The van der Waals surface area contributed by atoms with Gasteiger partial charge in [-0.15, -0.1) is 0 Å². The number of aromatic nitrogens is 2. The van der Waals surface area contributed by atoms with E-state index >= 15 is 0 Å². The molecule has 1 aromatic heterocycles. The van der Waals surface area contributed by atoms with Crippen LogP contribution in [0.5, 0.6) is 0 Å². The van der Waals surface area contributed by atoms with Gasteiger partial charge in [-0.1, -0.05) is 29.8 Å². The topological polar surface area (TPSA) is 69.2 Å². The molecule has 1 aromatic carbocycles. The third kappa shape index (κ3) is 3.83. The predicted molar refractivity (Wildman–Crippen MR) is 82.3 cm³/mol. The van der Waals surface area contributed by atoms with Crippen LogP contribution in [-0.4, -0.2) is 45.8 Å². The van der Waals surface area contributed by atoms with Crippen molar-refractivity contribution in [2.24, 2.45) is 0 Å². The largest absolute Gasteiger partial charge is 0.393 e. The molecule has 0 saturated carbocycles. The maximum absolute atomic E-state index is 12.2. The number of hydrogen-bond acceptors (Lipinski definition) is 3. The minimum Gasteiger partial charge on any atom is -0.393 e. The summed E-state index contributed by atoms with van der Waals surface area (Å²) in [5.41, 5.74) is 1.81. The summed E-state index contributed by atoms with van der Waals surface area (Å²) in [6.07, 6.45) is 0.106. The summed E-state index contributed by atoms with van der Waals surface area (Å²) < 4.78 is 0. The van der Waals surface area contributed by atoms with E-state index in [2.05, 4.69) is 10.2 Å². The lowest BCUT2D eigenvalue weighted by molar-refractivity contribution is 0.0763. The molecule has 6 heteroatoms. The smallest absolute Gasteiger partial charge is 0.271 e. The van der Waals surface area contributed by atoms with Crippen LogP contribution in [0.3, 0.4) is 0 Å². The van der Waals surface area contributed by atoms with Crippen LogP contribution in [0.1, 0.15) is 23.8 Å². The first kappa shape index (κ1) is 15.5. The average molecular weight is 308 g/mol. The molecule has 112 valence electrons. The third-order valence-electron chi connectivity index (χ3n) is 3.19. The zero-order chi connectivity index (χ0) is 15.4. The first-order chi connectivity index (χ1) is 9.99. The van der Waals surface area contributed by atoms with Gasteiger partial charge < -0.3 is 10.0 Å². The number of benzene rings is 1. The molecule has 0 fully saturated rings. The molecule has 2 rings (SSSR count). The number of nitrogens with zero attached hydrogens (tertiary/aromatic N) is 2. The Morgan fingerprint density at radius 1 is 1.48 bits per heavy atom. The number of nitrogens with one attached hydrogen (secondary N) is 1. The van der Waals surface area contributed by atoms with Gasteiger partial charge in [0.2, 0.25) is 0 Å². The van der Waals surface area contributed by atoms with Crippen LogP contribution in [0, 0.1) is 0 Å².